The van der Waals surface area contributed by atoms with Gasteiger partial charge in [-0.15, -0.1) is 0 Å². The van der Waals surface area contributed by atoms with Crippen LogP contribution in [-0.2, 0) is 0 Å². The number of carbonyl (C=O) groups is 1. The van der Waals surface area contributed by atoms with Crippen LogP contribution in [-0.4, -0.2) is 34.8 Å². The number of para-hydroxylation sites is 1. The minimum atomic E-state index is -0.446. The zero-order valence-corrected chi connectivity index (χ0v) is 18.2. The van der Waals surface area contributed by atoms with Crippen LogP contribution in [0.2, 0.25) is 5.02 Å². The molecule has 6 nitrogen and oxygen atoms in total. The van der Waals surface area contributed by atoms with E-state index in [1.165, 1.54) is 0 Å². The lowest BCUT2D eigenvalue weighted by molar-refractivity contribution is 0.191. The van der Waals surface area contributed by atoms with Gasteiger partial charge in [-0.1, -0.05) is 35.9 Å². The van der Waals surface area contributed by atoms with Crippen LogP contribution in [0.3, 0.4) is 0 Å². The van der Waals surface area contributed by atoms with Crippen LogP contribution in [0.4, 0.5) is 10.5 Å². The van der Waals surface area contributed by atoms with E-state index in [0.29, 0.717) is 10.9 Å². The third kappa shape index (κ3) is 4.27. The van der Waals surface area contributed by atoms with Gasteiger partial charge < -0.3 is 15.0 Å². The van der Waals surface area contributed by atoms with Crippen molar-refractivity contribution >= 4 is 34.3 Å². The van der Waals surface area contributed by atoms with E-state index in [4.69, 9.17) is 16.3 Å². The zero-order chi connectivity index (χ0) is 21.9. The van der Waals surface area contributed by atoms with Crippen LogP contribution in [0.5, 0.6) is 5.88 Å². The van der Waals surface area contributed by atoms with Crippen molar-refractivity contribution in [2.24, 2.45) is 0 Å². The Balaban J connectivity index is 1.30. The lowest BCUT2D eigenvalue weighted by Crippen LogP contribution is -2.45. The fraction of sp³-hybridized carbons (Fsp3) is 0.200. The molecule has 4 aromatic rings. The van der Waals surface area contributed by atoms with Crippen LogP contribution in [0.25, 0.3) is 16.6 Å². The molecule has 5 rings (SSSR count). The van der Waals surface area contributed by atoms with Gasteiger partial charge in [-0.2, -0.15) is 0 Å². The number of amides is 1. The average molecular weight is 447 g/mol. The van der Waals surface area contributed by atoms with E-state index in [-0.39, 0.29) is 6.04 Å². The number of nitrogens with one attached hydrogen (secondary N) is 1. The number of aromatic nitrogens is 2. The lowest BCUT2D eigenvalue weighted by Gasteiger charge is -2.33. The molecule has 1 aliphatic heterocycles. The highest BCUT2D eigenvalue weighted by Crippen LogP contribution is 2.30. The van der Waals surface area contributed by atoms with Gasteiger partial charge in [0.25, 0.3) is 0 Å². The maximum atomic E-state index is 12.8. The minimum Gasteiger partial charge on any atom is -0.393 e. The normalized spacial score (nSPS) is 14.5. The van der Waals surface area contributed by atoms with Gasteiger partial charge in [-0.3, -0.25) is 9.55 Å². The molecule has 2 aromatic heterocycles. The van der Waals surface area contributed by atoms with Gasteiger partial charge in [0, 0.05) is 53.7 Å². The Morgan fingerprint density at radius 3 is 2.53 bits per heavy atom. The molecular formula is C25H23ClN4O2. The van der Waals surface area contributed by atoms with Crippen LogP contribution in [0.15, 0.2) is 79.1 Å². The number of fused-ring (bicyclic) bond motifs is 1. The number of carbonyl (C=O) groups excluding carboxylic acids is 1. The summed E-state index contributed by atoms with van der Waals surface area (Å²) in [5.41, 5.74) is 2.95. The van der Waals surface area contributed by atoms with Crippen LogP contribution in [0, 0.1) is 0 Å². The van der Waals surface area contributed by atoms with Crippen LogP contribution in [0.1, 0.15) is 12.8 Å². The summed E-state index contributed by atoms with van der Waals surface area (Å²) in [5, 5.41) is 4.64. The fourth-order valence-electron chi connectivity index (χ4n) is 4.21. The van der Waals surface area contributed by atoms with Crippen molar-refractivity contribution in [3.8, 4) is 11.6 Å². The maximum Gasteiger partial charge on any atom is 0.414 e. The Morgan fingerprint density at radius 1 is 0.969 bits per heavy atom. The van der Waals surface area contributed by atoms with E-state index >= 15 is 0 Å². The second-order valence-electron chi connectivity index (χ2n) is 7.86. The molecule has 1 fully saturated rings. The molecule has 0 bridgehead atoms. The minimum absolute atomic E-state index is 0.0737. The highest BCUT2D eigenvalue weighted by atomic mass is 35.5. The van der Waals surface area contributed by atoms with E-state index in [1.54, 1.807) is 12.4 Å². The predicted molar refractivity (Wildman–Crippen MR) is 127 cm³/mol. The summed E-state index contributed by atoms with van der Waals surface area (Å²) < 4.78 is 7.70. The summed E-state index contributed by atoms with van der Waals surface area (Å²) >= 11 is 6.22. The third-order valence-electron chi connectivity index (χ3n) is 5.79. The number of benzene rings is 2. The molecule has 0 spiro atoms. The predicted octanol–water partition coefficient (Wildman–Crippen LogP) is 5.44. The molecule has 162 valence electrons. The Bertz CT molecular complexity index is 1230. The number of hydrogen-bond donors (Lipinski definition) is 1. The number of nitrogens with zero attached hydrogens (tertiary/aromatic N) is 3. The third-order valence-corrected chi connectivity index (χ3v) is 6.02. The Hall–Kier alpha value is -3.51. The summed E-state index contributed by atoms with van der Waals surface area (Å²) in [6.07, 6.45) is 4.87. The summed E-state index contributed by atoms with van der Waals surface area (Å²) in [5.74, 6) is 0.459. The van der Waals surface area contributed by atoms with Gasteiger partial charge in [0.05, 0.1) is 11.2 Å². The fourth-order valence-corrected chi connectivity index (χ4v) is 4.40. The number of pyridine rings is 1. The van der Waals surface area contributed by atoms with Crippen molar-refractivity contribution < 1.29 is 9.53 Å². The van der Waals surface area contributed by atoms with Crippen molar-refractivity contribution in [3.05, 3.63) is 84.1 Å². The summed E-state index contributed by atoms with van der Waals surface area (Å²) in [4.78, 5) is 19.1. The molecule has 32 heavy (non-hydrogen) atoms. The second kappa shape index (κ2) is 8.93. The molecule has 1 amide bonds. The number of anilines is 1. The highest BCUT2D eigenvalue weighted by molar-refractivity contribution is 6.30. The van der Waals surface area contributed by atoms with Crippen LogP contribution >= 0.6 is 11.6 Å². The monoisotopic (exact) mass is 446 g/mol. The van der Waals surface area contributed by atoms with E-state index in [1.807, 2.05) is 71.3 Å². The number of piperidine rings is 1. The summed E-state index contributed by atoms with van der Waals surface area (Å²) in [7, 11) is 0. The van der Waals surface area contributed by atoms with E-state index in [9.17, 15) is 4.79 Å². The standard InChI is InChI=1S/C25H23ClN4O2/c26-19-5-3-6-22(17-19)30-23-7-2-1-4-18(23)16-24(30)32-25(31)28-20-10-14-29(15-11-20)21-8-12-27-13-9-21/h1-9,12-13,16-17,20H,10-11,14-15H2,(H,28,31). The first-order valence-corrected chi connectivity index (χ1v) is 11.0. The maximum absolute atomic E-state index is 12.8. The molecule has 0 saturated carbocycles. The van der Waals surface area contributed by atoms with Crippen molar-refractivity contribution in [2.45, 2.75) is 18.9 Å². The summed E-state index contributed by atoms with van der Waals surface area (Å²) in [6.45, 7) is 1.75. The van der Waals surface area contributed by atoms with Gasteiger partial charge in [-0.25, -0.2) is 4.79 Å². The first-order chi connectivity index (χ1) is 15.7. The highest BCUT2D eigenvalue weighted by Gasteiger charge is 2.23. The van der Waals surface area contributed by atoms with Crippen molar-refractivity contribution in [1.29, 1.82) is 0 Å². The first-order valence-electron chi connectivity index (χ1n) is 10.7. The van der Waals surface area contributed by atoms with E-state index in [0.717, 1.165) is 48.2 Å². The van der Waals surface area contributed by atoms with Crippen molar-refractivity contribution in [1.82, 2.24) is 14.9 Å². The van der Waals surface area contributed by atoms with Crippen LogP contribution < -0.4 is 15.0 Å². The first kappa shape index (κ1) is 20.4. The van der Waals surface area contributed by atoms with Gasteiger partial charge in [0.15, 0.2) is 0 Å². The molecule has 3 heterocycles. The average Bonchev–Trinajstić information content (AvgIpc) is 3.17. The van der Waals surface area contributed by atoms with Crippen molar-refractivity contribution in [2.75, 3.05) is 18.0 Å². The molecule has 2 aromatic carbocycles. The molecule has 1 N–H and O–H groups in total. The second-order valence-corrected chi connectivity index (χ2v) is 8.29. The van der Waals surface area contributed by atoms with Crippen molar-refractivity contribution in [3.63, 3.8) is 0 Å². The molecule has 0 aliphatic carbocycles. The number of rotatable bonds is 4. The smallest absolute Gasteiger partial charge is 0.393 e. The summed E-state index contributed by atoms with van der Waals surface area (Å²) in [6, 6.07) is 21.4. The van der Waals surface area contributed by atoms with Gasteiger partial charge >= 0.3 is 6.09 Å². The molecule has 0 unspecified atom stereocenters. The molecule has 0 atom stereocenters. The largest absolute Gasteiger partial charge is 0.414 e. The quantitative estimate of drug-likeness (QED) is 0.453. The topological polar surface area (TPSA) is 59.4 Å². The van der Waals surface area contributed by atoms with E-state index < -0.39 is 6.09 Å². The Morgan fingerprint density at radius 2 is 1.75 bits per heavy atom. The lowest BCUT2D eigenvalue weighted by atomic mass is 10.0. The molecular weight excluding hydrogens is 424 g/mol. The molecule has 1 aliphatic rings. The Kier molecular flexibility index (Phi) is 5.69. The number of hydrogen-bond acceptors (Lipinski definition) is 4. The number of ether oxygens (including phenoxy) is 1. The van der Waals surface area contributed by atoms with Gasteiger partial charge in [-0.05, 0) is 49.2 Å². The molecule has 7 heteroatoms. The SMILES string of the molecule is O=C(NC1CCN(c2ccncc2)CC1)Oc1cc2ccccc2n1-c1cccc(Cl)c1. The number of halogens is 1. The molecule has 0 radical (unpaired) electrons. The Labute approximate surface area is 191 Å². The zero-order valence-electron chi connectivity index (χ0n) is 17.4. The van der Waals surface area contributed by atoms with Gasteiger partial charge in [0.1, 0.15) is 0 Å². The van der Waals surface area contributed by atoms with E-state index in [2.05, 4.69) is 15.2 Å². The molecule has 1 saturated heterocycles. The van der Waals surface area contributed by atoms with Gasteiger partial charge in [0.2, 0.25) is 5.88 Å².